The van der Waals surface area contributed by atoms with Crippen molar-refractivity contribution in [3.8, 4) is 0 Å². The Labute approximate surface area is 122 Å². The van der Waals surface area contributed by atoms with E-state index in [4.69, 9.17) is 0 Å². The van der Waals surface area contributed by atoms with Crippen LogP contribution in [0.5, 0.6) is 0 Å². The highest BCUT2D eigenvalue weighted by atomic mass is 15.1. The third-order valence-electron chi connectivity index (χ3n) is 3.58. The summed E-state index contributed by atoms with van der Waals surface area (Å²) in [6.07, 6.45) is 2.37. The smallest absolute Gasteiger partial charge is 0.0426 e. The van der Waals surface area contributed by atoms with E-state index in [9.17, 15) is 0 Å². The molecule has 2 aromatic rings. The Kier molecular flexibility index (Phi) is 5.05. The molecule has 20 heavy (non-hydrogen) atoms. The van der Waals surface area contributed by atoms with Crippen LogP contribution < -0.4 is 10.2 Å². The van der Waals surface area contributed by atoms with Gasteiger partial charge in [-0.1, -0.05) is 37.6 Å². The maximum atomic E-state index is 3.14. The lowest BCUT2D eigenvalue weighted by Gasteiger charge is -2.20. The average Bonchev–Trinajstić information content (AvgIpc) is 2.49. The molecular formula is C18H24N2. The molecular weight excluding hydrogens is 244 g/mol. The van der Waals surface area contributed by atoms with Crippen LogP contribution in [0.4, 0.5) is 11.4 Å². The Morgan fingerprint density at radius 1 is 0.900 bits per heavy atom. The zero-order valence-corrected chi connectivity index (χ0v) is 12.7. The van der Waals surface area contributed by atoms with Crippen LogP contribution >= 0.6 is 0 Å². The maximum absolute atomic E-state index is 3.14. The summed E-state index contributed by atoms with van der Waals surface area (Å²) in [5.74, 6) is 0. The molecule has 0 amide bonds. The van der Waals surface area contributed by atoms with Crippen LogP contribution in [0.2, 0.25) is 0 Å². The molecule has 0 unspecified atom stereocenters. The van der Waals surface area contributed by atoms with Gasteiger partial charge >= 0.3 is 0 Å². The van der Waals surface area contributed by atoms with Gasteiger partial charge < -0.3 is 10.2 Å². The molecule has 0 bridgehead atoms. The van der Waals surface area contributed by atoms with E-state index in [1.165, 1.54) is 29.7 Å². The minimum absolute atomic E-state index is 0.936. The number of hydrogen-bond acceptors (Lipinski definition) is 2. The van der Waals surface area contributed by atoms with Crippen molar-refractivity contribution in [2.45, 2.75) is 26.3 Å². The zero-order chi connectivity index (χ0) is 14.4. The molecule has 0 aliphatic heterocycles. The van der Waals surface area contributed by atoms with Gasteiger partial charge in [-0.3, -0.25) is 0 Å². The molecule has 0 saturated carbocycles. The SMILES string of the molecule is CCCc1ccc(CN(C)c2ccc(NC)cc2)cc1. The summed E-state index contributed by atoms with van der Waals surface area (Å²) >= 11 is 0. The van der Waals surface area contributed by atoms with Crippen molar-refractivity contribution in [2.75, 3.05) is 24.3 Å². The van der Waals surface area contributed by atoms with Crippen LogP contribution in [-0.2, 0) is 13.0 Å². The van der Waals surface area contributed by atoms with E-state index in [1.54, 1.807) is 0 Å². The van der Waals surface area contributed by atoms with Gasteiger partial charge in [-0.15, -0.1) is 0 Å². The topological polar surface area (TPSA) is 15.3 Å². The standard InChI is InChI=1S/C18H24N2/c1-4-5-15-6-8-16(9-7-15)14-20(3)18-12-10-17(19-2)11-13-18/h6-13,19H,4-5,14H2,1-3H3. The largest absolute Gasteiger partial charge is 0.388 e. The second-order valence-electron chi connectivity index (χ2n) is 5.22. The molecule has 2 aromatic carbocycles. The first-order valence-corrected chi connectivity index (χ1v) is 7.29. The fourth-order valence-electron chi connectivity index (χ4n) is 2.35. The molecule has 0 heterocycles. The Morgan fingerprint density at radius 3 is 2.05 bits per heavy atom. The molecule has 0 aromatic heterocycles. The number of nitrogens with zero attached hydrogens (tertiary/aromatic N) is 1. The van der Waals surface area contributed by atoms with Crippen LogP contribution in [-0.4, -0.2) is 14.1 Å². The van der Waals surface area contributed by atoms with Crippen molar-refractivity contribution >= 4 is 11.4 Å². The molecule has 2 heteroatoms. The van der Waals surface area contributed by atoms with Crippen molar-refractivity contribution in [1.29, 1.82) is 0 Å². The summed E-state index contributed by atoms with van der Waals surface area (Å²) in [5.41, 5.74) is 5.16. The predicted octanol–water partition coefficient (Wildman–Crippen LogP) is 4.32. The zero-order valence-electron chi connectivity index (χ0n) is 12.7. The maximum Gasteiger partial charge on any atom is 0.0426 e. The summed E-state index contributed by atoms with van der Waals surface area (Å²) in [6, 6.07) is 17.5. The fourth-order valence-corrected chi connectivity index (χ4v) is 2.35. The molecule has 0 aliphatic rings. The summed E-state index contributed by atoms with van der Waals surface area (Å²) in [6.45, 7) is 3.15. The average molecular weight is 268 g/mol. The van der Waals surface area contributed by atoms with E-state index in [-0.39, 0.29) is 0 Å². The number of aryl methyl sites for hydroxylation is 1. The van der Waals surface area contributed by atoms with E-state index >= 15 is 0 Å². The van der Waals surface area contributed by atoms with E-state index < -0.39 is 0 Å². The molecule has 0 atom stereocenters. The fraction of sp³-hybridized carbons (Fsp3) is 0.333. The van der Waals surface area contributed by atoms with Gasteiger partial charge in [0.2, 0.25) is 0 Å². The van der Waals surface area contributed by atoms with E-state index in [2.05, 4.69) is 72.7 Å². The van der Waals surface area contributed by atoms with Gasteiger partial charge in [0.15, 0.2) is 0 Å². The Hall–Kier alpha value is -1.96. The van der Waals surface area contributed by atoms with Crippen molar-refractivity contribution in [3.63, 3.8) is 0 Å². The van der Waals surface area contributed by atoms with Crippen molar-refractivity contribution < 1.29 is 0 Å². The molecule has 2 rings (SSSR count). The van der Waals surface area contributed by atoms with E-state index in [0.29, 0.717) is 0 Å². The Balaban J connectivity index is 2.00. The summed E-state index contributed by atoms with van der Waals surface area (Å²) in [5, 5.41) is 3.14. The monoisotopic (exact) mass is 268 g/mol. The highest BCUT2D eigenvalue weighted by Crippen LogP contribution is 2.18. The van der Waals surface area contributed by atoms with Gasteiger partial charge in [0.25, 0.3) is 0 Å². The number of hydrogen-bond donors (Lipinski definition) is 1. The first-order chi connectivity index (χ1) is 9.72. The van der Waals surface area contributed by atoms with Gasteiger partial charge in [0.1, 0.15) is 0 Å². The van der Waals surface area contributed by atoms with Gasteiger partial charge in [-0.2, -0.15) is 0 Å². The third kappa shape index (κ3) is 3.77. The lowest BCUT2D eigenvalue weighted by atomic mass is 10.1. The Bertz CT molecular complexity index is 514. The van der Waals surface area contributed by atoms with Gasteiger partial charge in [0, 0.05) is 32.0 Å². The normalized spacial score (nSPS) is 10.3. The predicted molar refractivity (Wildman–Crippen MR) is 88.5 cm³/mol. The minimum atomic E-state index is 0.936. The lowest BCUT2D eigenvalue weighted by molar-refractivity contribution is 0.905. The number of benzene rings is 2. The van der Waals surface area contributed by atoms with Crippen LogP contribution in [0.1, 0.15) is 24.5 Å². The van der Waals surface area contributed by atoms with Crippen LogP contribution in [0.25, 0.3) is 0 Å². The van der Waals surface area contributed by atoms with Gasteiger partial charge in [-0.05, 0) is 41.8 Å². The van der Waals surface area contributed by atoms with Crippen LogP contribution in [0.15, 0.2) is 48.5 Å². The number of rotatable bonds is 6. The van der Waals surface area contributed by atoms with Gasteiger partial charge in [-0.25, -0.2) is 0 Å². The minimum Gasteiger partial charge on any atom is -0.388 e. The summed E-state index contributed by atoms with van der Waals surface area (Å²) in [4.78, 5) is 2.27. The third-order valence-corrected chi connectivity index (χ3v) is 3.58. The van der Waals surface area contributed by atoms with E-state index in [0.717, 1.165) is 12.2 Å². The second kappa shape index (κ2) is 6.99. The molecule has 1 N–H and O–H groups in total. The summed E-state index contributed by atoms with van der Waals surface area (Å²) in [7, 11) is 4.07. The molecule has 0 radical (unpaired) electrons. The molecule has 0 saturated heterocycles. The Morgan fingerprint density at radius 2 is 1.50 bits per heavy atom. The van der Waals surface area contributed by atoms with E-state index in [1.807, 2.05) is 7.05 Å². The van der Waals surface area contributed by atoms with Crippen molar-refractivity contribution in [2.24, 2.45) is 0 Å². The number of anilines is 2. The molecule has 106 valence electrons. The lowest BCUT2D eigenvalue weighted by Crippen LogP contribution is -2.16. The number of nitrogens with one attached hydrogen (secondary N) is 1. The highest BCUT2D eigenvalue weighted by molar-refractivity contribution is 5.54. The quantitative estimate of drug-likeness (QED) is 0.839. The second-order valence-corrected chi connectivity index (χ2v) is 5.22. The van der Waals surface area contributed by atoms with Crippen molar-refractivity contribution in [3.05, 3.63) is 59.7 Å². The van der Waals surface area contributed by atoms with Gasteiger partial charge in [0.05, 0.1) is 0 Å². The molecule has 2 nitrogen and oxygen atoms in total. The first-order valence-electron chi connectivity index (χ1n) is 7.29. The summed E-state index contributed by atoms with van der Waals surface area (Å²) < 4.78 is 0. The first kappa shape index (κ1) is 14.4. The molecule has 0 fully saturated rings. The highest BCUT2D eigenvalue weighted by Gasteiger charge is 2.02. The van der Waals surface area contributed by atoms with Crippen LogP contribution in [0.3, 0.4) is 0 Å². The molecule has 0 spiro atoms. The molecule has 0 aliphatic carbocycles. The van der Waals surface area contributed by atoms with Crippen molar-refractivity contribution in [1.82, 2.24) is 0 Å². The van der Waals surface area contributed by atoms with Crippen LogP contribution in [0, 0.1) is 0 Å².